The Balaban J connectivity index is 1.55. The Morgan fingerprint density at radius 3 is 2.92 bits per heavy atom. The largest absolute Gasteiger partial charge is 0.381 e. The van der Waals surface area contributed by atoms with Gasteiger partial charge in [0.05, 0.1) is 42.8 Å². The third kappa shape index (κ3) is 2.73. The Hall–Kier alpha value is -2.51. The molecule has 0 unspecified atom stereocenters. The minimum atomic E-state index is 0.372. The number of rotatable bonds is 4. The number of fused-ring (bicyclic) bond motifs is 1. The third-order valence-electron chi connectivity index (χ3n) is 4.77. The quantitative estimate of drug-likeness (QED) is 0.555. The van der Waals surface area contributed by atoms with Gasteiger partial charge in [0.25, 0.3) is 0 Å². The molecule has 0 N–H and O–H groups in total. The first-order chi connectivity index (χ1) is 12.8. The zero-order chi connectivity index (χ0) is 17.5. The number of hydrogen-bond acceptors (Lipinski definition) is 5. The van der Waals surface area contributed by atoms with Crippen molar-refractivity contribution in [3.8, 4) is 11.3 Å². The van der Waals surface area contributed by atoms with Crippen LogP contribution in [-0.4, -0.2) is 37.4 Å². The molecule has 132 valence electrons. The maximum atomic E-state index is 5.66. The predicted molar refractivity (Wildman–Crippen MR) is 101 cm³/mol. The summed E-state index contributed by atoms with van der Waals surface area (Å²) in [5.41, 5.74) is 4.45. The highest BCUT2D eigenvalue weighted by Gasteiger charge is 2.26. The Bertz CT molecular complexity index is 1010. The molecule has 1 aliphatic heterocycles. The second-order valence-corrected chi connectivity index (χ2v) is 7.77. The summed E-state index contributed by atoms with van der Waals surface area (Å²) in [5, 5.41) is 5.48. The van der Waals surface area contributed by atoms with E-state index in [4.69, 9.17) is 14.7 Å². The van der Waals surface area contributed by atoms with E-state index in [2.05, 4.69) is 33.9 Å². The molecular weight excluding hydrogens is 346 g/mol. The average Bonchev–Trinajstić information content (AvgIpc) is 3.39. The van der Waals surface area contributed by atoms with Crippen molar-refractivity contribution >= 4 is 16.3 Å². The van der Waals surface area contributed by atoms with E-state index in [1.165, 1.54) is 5.69 Å². The van der Waals surface area contributed by atoms with Crippen LogP contribution >= 0.6 is 11.3 Å². The van der Waals surface area contributed by atoms with Crippen LogP contribution in [0.4, 0.5) is 0 Å². The van der Waals surface area contributed by atoms with E-state index < -0.39 is 0 Å². The van der Waals surface area contributed by atoms with Crippen LogP contribution in [0.15, 0.2) is 42.9 Å². The smallest absolute Gasteiger partial charge is 0.212 e. The summed E-state index contributed by atoms with van der Waals surface area (Å²) in [5.74, 6) is 0.372. The van der Waals surface area contributed by atoms with Crippen LogP contribution in [0.5, 0.6) is 0 Å². The molecule has 3 aromatic heterocycles. The maximum absolute atomic E-state index is 5.66. The van der Waals surface area contributed by atoms with Crippen molar-refractivity contribution in [2.75, 3.05) is 13.2 Å². The second-order valence-electron chi connectivity index (χ2n) is 6.61. The van der Waals surface area contributed by atoms with Gasteiger partial charge in [0, 0.05) is 18.1 Å². The minimum absolute atomic E-state index is 0.372. The fraction of sp³-hybridized carbons (Fsp3) is 0.316. The van der Waals surface area contributed by atoms with Gasteiger partial charge in [0.2, 0.25) is 4.96 Å². The van der Waals surface area contributed by atoms with E-state index in [0.717, 1.165) is 46.6 Å². The second kappa shape index (κ2) is 6.34. The molecule has 1 saturated heterocycles. The van der Waals surface area contributed by atoms with Gasteiger partial charge in [0.1, 0.15) is 5.01 Å². The number of imidazole rings is 2. The van der Waals surface area contributed by atoms with Crippen LogP contribution in [0, 0.1) is 6.92 Å². The van der Waals surface area contributed by atoms with Gasteiger partial charge in [-0.25, -0.2) is 14.5 Å². The Morgan fingerprint density at radius 2 is 2.15 bits per heavy atom. The number of aromatic nitrogens is 5. The van der Waals surface area contributed by atoms with Crippen LogP contribution in [0.3, 0.4) is 0 Å². The molecule has 5 rings (SSSR count). The van der Waals surface area contributed by atoms with Gasteiger partial charge in [-0.2, -0.15) is 5.10 Å². The molecule has 0 aliphatic carbocycles. The summed E-state index contributed by atoms with van der Waals surface area (Å²) in [7, 11) is 0. The molecule has 1 aromatic carbocycles. The molecule has 7 heteroatoms. The Morgan fingerprint density at radius 1 is 1.27 bits per heavy atom. The predicted octanol–water partition coefficient (Wildman–Crippen LogP) is 3.51. The van der Waals surface area contributed by atoms with Gasteiger partial charge < -0.3 is 9.30 Å². The van der Waals surface area contributed by atoms with E-state index >= 15 is 0 Å². The molecule has 0 bridgehead atoms. The van der Waals surface area contributed by atoms with Gasteiger partial charge in [-0.05, 0) is 13.3 Å². The van der Waals surface area contributed by atoms with Crippen LogP contribution in [0.2, 0.25) is 0 Å². The van der Waals surface area contributed by atoms with Gasteiger partial charge in [-0.15, -0.1) is 0 Å². The monoisotopic (exact) mass is 365 g/mol. The van der Waals surface area contributed by atoms with Crippen molar-refractivity contribution in [1.82, 2.24) is 24.1 Å². The van der Waals surface area contributed by atoms with E-state index in [1.807, 2.05) is 30.0 Å². The lowest BCUT2D eigenvalue weighted by Gasteiger charge is -2.14. The first kappa shape index (κ1) is 15.7. The number of benzene rings is 1. The van der Waals surface area contributed by atoms with Gasteiger partial charge in [-0.1, -0.05) is 41.7 Å². The van der Waals surface area contributed by atoms with Crippen LogP contribution in [0.25, 0.3) is 16.2 Å². The summed E-state index contributed by atoms with van der Waals surface area (Å²) in [6.45, 7) is 4.26. The maximum Gasteiger partial charge on any atom is 0.212 e. The first-order valence-corrected chi connectivity index (χ1v) is 9.59. The lowest BCUT2D eigenvalue weighted by Crippen LogP contribution is -2.10. The van der Waals surface area contributed by atoms with Crippen molar-refractivity contribution in [2.45, 2.75) is 25.8 Å². The van der Waals surface area contributed by atoms with E-state index in [9.17, 15) is 0 Å². The fourth-order valence-corrected chi connectivity index (χ4v) is 4.35. The van der Waals surface area contributed by atoms with Crippen molar-refractivity contribution in [3.05, 3.63) is 59.3 Å². The van der Waals surface area contributed by atoms with Crippen LogP contribution in [0.1, 0.15) is 28.7 Å². The Labute approximate surface area is 155 Å². The Kier molecular flexibility index (Phi) is 3.83. The number of aryl methyl sites for hydroxylation is 1. The summed E-state index contributed by atoms with van der Waals surface area (Å²) < 4.78 is 9.74. The molecule has 1 atom stereocenters. The van der Waals surface area contributed by atoms with Crippen molar-refractivity contribution in [2.24, 2.45) is 0 Å². The molecule has 0 spiro atoms. The van der Waals surface area contributed by atoms with Gasteiger partial charge >= 0.3 is 0 Å². The highest BCUT2D eigenvalue weighted by atomic mass is 32.1. The zero-order valence-corrected chi connectivity index (χ0v) is 15.3. The third-order valence-corrected chi connectivity index (χ3v) is 5.61. The molecule has 6 nitrogen and oxygen atoms in total. The van der Waals surface area contributed by atoms with Gasteiger partial charge in [0.15, 0.2) is 0 Å². The van der Waals surface area contributed by atoms with Crippen molar-refractivity contribution in [1.29, 1.82) is 0 Å². The summed E-state index contributed by atoms with van der Waals surface area (Å²) in [6.07, 6.45) is 4.97. The number of hydrogen-bond donors (Lipinski definition) is 0. The zero-order valence-electron chi connectivity index (χ0n) is 14.5. The fourth-order valence-electron chi connectivity index (χ4n) is 3.61. The standard InChI is InChI=1S/C19H19N5OS/c1-13-22-24-10-16(21-19(24)26-13)9-23-12-20-17(14-5-3-2-4-6-14)18(23)15-7-8-25-11-15/h2-6,10,12,15H,7-9,11H2,1H3/t15-/m0/s1. The van der Waals surface area contributed by atoms with E-state index in [-0.39, 0.29) is 0 Å². The SMILES string of the molecule is Cc1nn2cc(Cn3cnc(-c4ccccc4)c3[C@H]3CCOC3)nc2s1. The van der Waals surface area contributed by atoms with E-state index in [0.29, 0.717) is 12.5 Å². The summed E-state index contributed by atoms with van der Waals surface area (Å²) in [4.78, 5) is 10.4. The molecule has 0 saturated carbocycles. The molecule has 26 heavy (non-hydrogen) atoms. The topological polar surface area (TPSA) is 57.2 Å². The normalized spacial score (nSPS) is 17.3. The van der Waals surface area contributed by atoms with Crippen molar-refractivity contribution < 1.29 is 4.74 Å². The molecule has 0 amide bonds. The van der Waals surface area contributed by atoms with Crippen LogP contribution < -0.4 is 0 Å². The van der Waals surface area contributed by atoms with Crippen molar-refractivity contribution in [3.63, 3.8) is 0 Å². The first-order valence-electron chi connectivity index (χ1n) is 8.78. The summed E-state index contributed by atoms with van der Waals surface area (Å²) in [6, 6.07) is 10.4. The minimum Gasteiger partial charge on any atom is -0.381 e. The molecular formula is C19H19N5OS. The summed E-state index contributed by atoms with van der Waals surface area (Å²) >= 11 is 1.61. The molecule has 4 aromatic rings. The highest BCUT2D eigenvalue weighted by Crippen LogP contribution is 2.33. The lowest BCUT2D eigenvalue weighted by atomic mass is 9.99. The average molecular weight is 365 g/mol. The molecule has 0 radical (unpaired) electrons. The van der Waals surface area contributed by atoms with E-state index in [1.54, 1.807) is 11.3 Å². The highest BCUT2D eigenvalue weighted by molar-refractivity contribution is 7.16. The molecule has 4 heterocycles. The number of nitrogens with zero attached hydrogens (tertiary/aromatic N) is 5. The molecule has 1 aliphatic rings. The van der Waals surface area contributed by atoms with Crippen LogP contribution in [-0.2, 0) is 11.3 Å². The lowest BCUT2D eigenvalue weighted by molar-refractivity contribution is 0.193. The van der Waals surface area contributed by atoms with Gasteiger partial charge in [-0.3, -0.25) is 0 Å². The number of ether oxygens (including phenoxy) is 1. The molecule has 1 fully saturated rings.